The smallest absolute Gasteiger partial charge is 0.0320 e. The molecule has 0 aliphatic heterocycles. The van der Waals surface area contributed by atoms with Crippen LogP contribution in [0.5, 0.6) is 0 Å². The Morgan fingerprint density at radius 2 is 2.21 bits per heavy atom. The van der Waals surface area contributed by atoms with Crippen molar-refractivity contribution in [1.82, 2.24) is 5.32 Å². The minimum absolute atomic E-state index is 0.523. The molecular formula is C17H24BrN. The van der Waals surface area contributed by atoms with Crippen LogP contribution in [-0.4, -0.2) is 12.6 Å². The lowest BCUT2D eigenvalue weighted by Gasteiger charge is -2.24. The molecule has 1 aromatic carbocycles. The van der Waals surface area contributed by atoms with Gasteiger partial charge in [-0.15, -0.1) is 0 Å². The van der Waals surface area contributed by atoms with Gasteiger partial charge in [-0.05, 0) is 62.8 Å². The van der Waals surface area contributed by atoms with E-state index in [1.807, 2.05) is 0 Å². The second-order valence-electron chi connectivity index (χ2n) is 5.37. The maximum Gasteiger partial charge on any atom is 0.0320 e. The summed E-state index contributed by atoms with van der Waals surface area (Å²) in [6, 6.07) is 9.22. The summed E-state index contributed by atoms with van der Waals surface area (Å²) >= 11 is 3.57. The van der Waals surface area contributed by atoms with Crippen LogP contribution in [-0.2, 0) is 6.42 Å². The number of hydrogen-bond donors (Lipinski definition) is 1. The van der Waals surface area contributed by atoms with Crippen LogP contribution >= 0.6 is 15.9 Å². The van der Waals surface area contributed by atoms with Crippen molar-refractivity contribution in [3.8, 4) is 0 Å². The summed E-state index contributed by atoms with van der Waals surface area (Å²) < 4.78 is 1.18. The average molecular weight is 322 g/mol. The summed E-state index contributed by atoms with van der Waals surface area (Å²) in [6.07, 6.45) is 10.0. The van der Waals surface area contributed by atoms with Crippen LogP contribution in [0.25, 0.3) is 0 Å². The fraction of sp³-hybridized carbons (Fsp3) is 0.529. The molecule has 1 atom stereocenters. The first-order valence-corrected chi connectivity index (χ1v) is 8.25. The zero-order valence-electron chi connectivity index (χ0n) is 11.8. The number of hydrogen-bond acceptors (Lipinski definition) is 1. The number of allylic oxidation sites excluding steroid dienone is 1. The van der Waals surface area contributed by atoms with E-state index in [1.54, 1.807) is 5.57 Å². The predicted molar refractivity (Wildman–Crippen MR) is 86.5 cm³/mol. The number of halogens is 1. The molecule has 1 aliphatic rings. The van der Waals surface area contributed by atoms with Crippen molar-refractivity contribution in [2.75, 3.05) is 6.54 Å². The highest BCUT2D eigenvalue weighted by molar-refractivity contribution is 9.10. The second kappa shape index (κ2) is 7.86. The first-order valence-electron chi connectivity index (χ1n) is 7.46. The molecule has 1 unspecified atom stereocenters. The van der Waals surface area contributed by atoms with Crippen LogP contribution in [0, 0.1) is 0 Å². The Kier molecular flexibility index (Phi) is 6.12. The third-order valence-corrected chi connectivity index (χ3v) is 4.24. The van der Waals surface area contributed by atoms with Crippen molar-refractivity contribution in [3.05, 3.63) is 46.0 Å². The predicted octanol–water partition coefficient (Wildman–Crippen LogP) is 4.86. The van der Waals surface area contributed by atoms with E-state index in [1.165, 1.54) is 42.1 Å². The fourth-order valence-corrected chi connectivity index (χ4v) is 3.18. The number of nitrogens with one attached hydrogen (secondary N) is 1. The third-order valence-electron chi connectivity index (χ3n) is 3.74. The monoisotopic (exact) mass is 321 g/mol. The molecule has 0 saturated heterocycles. The van der Waals surface area contributed by atoms with Gasteiger partial charge in [-0.1, -0.05) is 46.6 Å². The van der Waals surface area contributed by atoms with Crippen LogP contribution in [0.3, 0.4) is 0 Å². The lowest BCUT2D eigenvalue weighted by Crippen LogP contribution is -2.34. The van der Waals surface area contributed by atoms with Crippen LogP contribution in [0.1, 0.15) is 44.6 Å². The van der Waals surface area contributed by atoms with Crippen LogP contribution in [0.4, 0.5) is 0 Å². The summed E-state index contributed by atoms with van der Waals surface area (Å²) in [7, 11) is 0. The zero-order chi connectivity index (χ0) is 13.5. The molecule has 0 heterocycles. The molecule has 1 N–H and O–H groups in total. The highest BCUT2D eigenvalue weighted by atomic mass is 79.9. The van der Waals surface area contributed by atoms with Crippen molar-refractivity contribution in [2.24, 2.45) is 0 Å². The van der Waals surface area contributed by atoms with Gasteiger partial charge in [0.1, 0.15) is 0 Å². The normalized spacial score (nSPS) is 17.1. The van der Waals surface area contributed by atoms with E-state index in [4.69, 9.17) is 0 Å². The topological polar surface area (TPSA) is 12.0 Å². The summed E-state index contributed by atoms with van der Waals surface area (Å²) in [5.74, 6) is 0. The molecule has 1 aliphatic carbocycles. The lowest BCUT2D eigenvalue weighted by atomic mass is 9.90. The van der Waals surface area contributed by atoms with Crippen LogP contribution in [0.2, 0.25) is 0 Å². The maximum atomic E-state index is 3.72. The Labute approximate surface area is 125 Å². The van der Waals surface area contributed by atoms with Gasteiger partial charge in [-0.2, -0.15) is 0 Å². The molecule has 0 amide bonds. The molecule has 0 fully saturated rings. The van der Waals surface area contributed by atoms with Gasteiger partial charge in [0, 0.05) is 10.5 Å². The quantitative estimate of drug-likeness (QED) is 0.738. The van der Waals surface area contributed by atoms with Gasteiger partial charge in [-0.3, -0.25) is 0 Å². The van der Waals surface area contributed by atoms with Gasteiger partial charge in [0.15, 0.2) is 0 Å². The van der Waals surface area contributed by atoms with E-state index in [0.717, 1.165) is 13.0 Å². The Hall–Kier alpha value is -0.600. The summed E-state index contributed by atoms with van der Waals surface area (Å²) in [4.78, 5) is 0. The Morgan fingerprint density at radius 1 is 1.32 bits per heavy atom. The SMILES string of the molecule is CCCNC(Cc1cccc(Br)c1)C1=CCCCC1. The molecule has 104 valence electrons. The van der Waals surface area contributed by atoms with E-state index in [0.29, 0.717) is 6.04 Å². The summed E-state index contributed by atoms with van der Waals surface area (Å²) in [6.45, 7) is 3.34. The number of rotatable bonds is 6. The molecule has 0 radical (unpaired) electrons. The van der Waals surface area contributed by atoms with E-state index in [-0.39, 0.29) is 0 Å². The van der Waals surface area contributed by atoms with Crippen LogP contribution < -0.4 is 5.32 Å². The largest absolute Gasteiger partial charge is 0.310 e. The molecule has 2 rings (SSSR count). The van der Waals surface area contributed by atoms with Gasteiger partial charge in [-0.25, -0.2) is 0 Å². The molecule has 0 spiro atoms. The average Bonchev–Trinajstić information content (AvgIpc) is 2.44. The van der Waals surface area contributed by atoms with Gasteiger partial charge >= 0.3 is 0 Å². The van der Waals surface area contributed by atoms with E-state index in [2.05, 4.69) is 58.5 Å². The lowest BCUT2D eigenvalue weighted by molar-refractivity contribution is 0.526. The Balaban J connectivity index is 2.06. The first kappa shape index (κ1) is 14.8. The highest BCUT2D eigenvalue weighted by Gasteiger charge is 2.16. The second-order valence-corrected chi connectivity index (χ2v) is 6.28. The molecule has 0 bridgehead atoms. The van der Waals surface area contributed by atoms with Crippen molar-refractivity contribution >= 4 is 15.9 Å². The van der Waals surface area contributed by atoms with E-state index < -0.39 is 0 Å². The zero-order valence-corrected chi connectivity index (χ0v) is 13.4. The van der Waals surface area contributed by atoms with Gasteiger partial charge < -0.3 is 5.32 Å². The van der Waals surface area contributed by atoms with Crippen molar-refractivity contribution in [3.63, 3.8) is 0 Å². The van der Waals surface area contributed by atoms with Crippen LogP contribution in [0.15, 0.2) is 40.4 Å². The third kappa shape index (κ3) is 4.77. The number of benzene rings is 1. The summed E-state index contributed by atoms with van der Waals surface area (Å²) in [5, 5.41) is 3.72. The maximum absolute atomic E-state index is 3.72. The van der Waals surface area contributed by atoms with Gasteiger partial charge in [0.25, 0.3) is 0 Å². The minimum Gasteiger partial charge on any atom is -0.310 e. The molecule has 19 heavy (non-hydrogen) atoms. The molecule has 1 aromatic rings. The van der Waals surface area contributed by atoms with Gasteiger partial charge in [0.2, 0.25) is 0 Å². The first-order chi connectivity index (χ1) is 9.29. The van der Waals surface area contributed by atoms with E-state index >= 15 is 0 Å². The molecule has 0 saturated carbocycles. The highest BCUT2D eigenvalue weighted by Crippen LogP contribution is 2.23. The Morgan fingerprint density at radius 3 is 2.89 bits per heavy atom. The molecular weight excluding hydrogens is 298 g/mol. The van der Waals surface area contributed by atoms with E-state index in [9.17, 15) is 0 Å². The standard InChI is InChI=1S/C17H24BrN/c1-2-11-19-17(15-8-4-3-5-9-15)13-14-7-6-10-16(18)12-14/h6-8,10,12,17,19H,2-5,9,11,13H2,1H3. The molecule has 1 nitrogen and oxygen atoms in total. The van der Waals surface area contributed by atoms with Crippen molar-refractivity contribution in [1.29, 1.82) is 0 Å². The summed E-state index contributed by atoms with van der Waals surface area (Å²) in [5.41, 5.74) is 3.04. The Bertz CT molecular complexity index is 425. The minimum atomic E-state index is 0.523. The van der Waals surface area contributed by atoms with Gasteiger partial charge in [0.05, 0.1) is 0 Å². The molecule has 2 heteroatoms. The molecule has 0 aromatic heterocycles. The van der Waals surface area contributed by atoms with Crippen molar-refractivity contribution < 1.29 is 0 Å². The fourth-order valence-electron chi connectivity index (χ4n) is 2.73. The van der Waals surface area contributed by atoms with Crippen molar-refractivity contribution in [2.45, 2.75) is 51.5 Å².